The number of allylic oxidation sites excluding steroid dienone is 12. The number of carboxylic acids is 1. The summed E-state index contributed by atoms with van der Waals surface area (Å²) in [6, 6.07) is -0.681. The van der Waals surface area contributed by atoms with Crippen molar-refractivity contribution in [3.8, 4) is 0 Å². The van der Waals surface area contributed by atoms with Crippen LogP contribution in [0.1, 0.15) is 92.4 Å². The summed E-state index contributed by atoms with van der Waals surface area (Å²) < 4.78 is 23.6. The maximum atomic E-state index is 12.6. The molecule has 2 saturated heterocycles. The summed E-state index contributed by atoms with van der Waals surface area (Å²) in [7, 11) is 0. The van der Waals surface area contributed by atoms with Gasteiger partial charge < -0.3 is 70.6 Å². The SMILES string of the molecule is CC1OC(O[C@H]2/C=C/C=C/C=C/C=C/C=C/C=C/C=C/[C@H](C)[C@@H](O)[C@@H](C)[C@H](C)OC(=O)C[C@H](O)C[C@H](O)CC[C@@H](O)CC[C@H](O)C[C@]3(O)C[C@H](O)[C@@H](C(=O)O)[C@H](C2)O3)C(O)C(N)C1C. The number of ether oxygens (including phenoxy) is 4. The number of hydrogen-bond acceptors (Lipinski definition) is 15. The molecule has 2 bridgehead atoms. The molecule has 64 heavy (non-hydrogen) atoms. The summed E-state index contributed by atoms with van der Waals surface area (Å²) in [6.07, 6.45) is 10.7. The van der Waals surface area contributed by atoms with Crippen molar-refractivity contribution in [3.05, 3.63) is 85.1 Å². The number of carbonyl (C=O) groups is 2. The molecule has 18 atom stereocenters. The van der Waals surface area contributed by atoms with Gasteiger partial charge in [0.2, 0.25) is 0 Å². The van der Waals surface area contributed by atoms with Crippen LogP contribution in [0.25, 0.3) is 0 Å². The smallest absolute Gasteiger partial charge is 0.311 e. The zero-order valence-electron chi connectivity index (χ0n) is 37.8. The van der Waals surface area contributed by atoms with E-state index < -0.39 is 116 Å². The van der Waals surface area contributed by atoms with E-state index in [-0.39, 0.29) is 62.9 Å². The number of aliphatic hydroxyl groups excluding tert-OH is 7. The lowest BCUT2D eigenvalue weighted by Gasteiger charge is -2.45. The first-order chi connectivity index (χ1) is 30.2. The largest absolute Gasteiger partial charge is 0.481 e. The average molecular weight is 906 g/mol. The van der Waals surface area contributed by atoms with E-state index in [1.165, 1.54) is 0 Å². The Balaban J connectivity index is 1.83. The normalized spacial score (nSPS) is 44.8. The highest BCUT2D eigenvalue weighted by Gasteiger charge is 2.50. The molecule has 0 aromatic heterocycles. The van der Waals surface area contributed by atoms with Crippen LogP contribution in [-0.4, -0.2) is 143 Å². The van der Waals surface area contributed by atoms with Gasteiger partial charge in [0.05, 0.1) is 61.4 Å². The highest BCUT2D eigenvalue weighted by molar-refractivity contribution is 5.71. The second-order valence-corrected chi connectivity index (χ2v) is 17.8. The molecule has 16 heteroatoms. The van der Waals surface area contributed by atoms with Gasteiger partial charge in [0.25, 0.3) is 0 Å². The standard InChI is InChI=1S/C48H75NO15/c1-29-18-16-14-12-10-8-6-7-9-11-13-15-17-19-38(63-47-45(57)43(49)30(2)32(4)62-47)26-40-42(46(58)59)39(54)28-48(60,64-40)27-36(52)23-21-34(50)20-22-35(51)24-37(53)25-41(55)61-33(5)31(3)44(29)56/h6-19,29-40,42-45,47,50-54,56-57,60H,20-28,49H2,1-5H3,(H,58,59)/b7-6+,10-8+,11-9+,14-12+,15-13+,18-16+,19-17+/t29-,30?,31-,32?,33-,34+,35+,36-,37+,38-,39-,40-,42+,43?,44+,45?,47?,48+/m0/s1. The van der Waals surface area contributed by atoms with Crippen LogP contribution in [0.4, 0.5) is 0 Å². The molecule has 5 unspecified atom stereocenters. The number of cyclic esters (lactones) is 1. The van der Waals surface area contributed by atoms with Crippen molar-refractivity contribution in [3.63, 3.8) is 0 Å². The fourth-order valence-corrected chi connectivity index (χ4v) is 8.06. The Morgan fingerprint density at radius 3 is 1.78 bits per heavy atom. The lowest BCUT2D eigenvalue weighted by atomic mass is 9.83. The zero-order chi connectivity index (χ0) is 47.6. The minimum atomic E-state index is -2.17. The van der Waals surface area contributed by atoms with Gasteiger partial charge in [-0.05, 0) is 51.9 Å². The van der Waals surface area contributed by atoms with Gasteiger partial charge in [-0.15, -0.1) is 0 Å². The molecule has 3 heterocycles. The van der Waals surface area contributed by atoms with Crippen molar-refractivity contribution in [2.45, 2.75) is 178 Å². The summed E-state index contributed by atoms with van der Waals surface area (Å²) in [5.74, 6) is -6.58. The summed E-state index contributed by atoms with van der Waals surface area (Å²) >= 11 is 0. The number of esters is 1. The molecule has 362 valence electrons. The van der Waals surface area contributed by atoms with Crippen molar-refractivity contribution in [1.29, 1.82) is 0 Å². The number of aliphatic carboxylic acids is 1. The van der Waals surface area contributed by atoms with Gasteiger partial charge in [0.15, 0.2) is 12.1 Å². The molecule has 0 aromatic rings. The molecule has 11 N–H and O–H groups in total. The van der Waals surface area contributed by atoms with E-state index in [0.29, 0.717) is 0 Å². The molecule has 0 amide bonds. The van der Waals surface area contributed by atoms with Gasteiger partial charge in [-0.1, -0.05) is 106 Å². The van der Waals surface area contributed by atoms with Crippen LogP contribution in [0.2, 0.25) is 0 Å². The number of nitrogens with two attached hydrogens (primary N) is 1. The first-order valence-electron chi connectivity index (χ1n) is 22.5. The Kier molecular flexibility index (Phi) is 23.5. The molecule has 0 aliphatic carbocycles. The van der Waals surface area contributed by atoms with E-state index >= 15 is 0 Å². The van der Waals surface area contributed by atoms with Gasteiger partial charge in [-0.2, -0.15) is 0 Å². The van der Waals surface area contributed by atoms with Crippen molar-refractivity contribution in [2.24, 2.45) is 29.4 Å². The molecule has 0 saturated carbocycles. The Labute approximate surface area is 377 Å². The van der Waals surface area contributed by atoms with Crippen LogP contribution in [-0.2, 0) is 28.5 Å². The molecule has 3 aliphatic heterocycles. The van der Waals surface area contributed by atoms with Gasteiger partial charge >= 0.3 is 11.9 Å². The molecule has 0 aromatic carbocycles. The van der Waals surface area contributed by atoms with Crippen molar-refractivity contribution < 1.29 is 74.5 Å². The van der Waals surface area contributed by atoms with Crippen LogP contribution in [0.3, 0.4) is 0 Å². The molecule has 16 nitrogen and oxygen atoms in total. The Bertz CT molecular complexity index is 1630. The highest BCUT2D eigenvalue weighted by Crippen LogP contribution is 2.38. The lowest BCUT2D eigenvalue weighted by Crippen LogP contribution is -2.58. The molecule has 0 spiro atoms. The lowest BCUT2D eigenvalue weighted by molar-refractivity contribution is -0.306. The Morgan fingerprint density at radius 1 is 0.672 bits per heavy atom. The van der Waals surface area contributed by atoms with E-state index in [0.717, 1.165) is 0 Å². The van der Waals surface area contributed by atoms with Crippen LogP contribution in [0, 0.1) is 23.7 Å². The number of hydrogen-bond donors (Lipinski definition) is 10. The van der Waals surface area contributed by atoms with Crippen LogP contribution in [0.15, 0.2) is 85.1 Å². The Hall–Kier alpha value is -3.36. The molecule has 2 fully saturated rings. The molecular formula is C48H75NO15. The fourth-order valence-electron chi connectivity index (χ4n) is 8.06. The summed E-state index contributed by atoms with van der Waals surface area (Å²) in [5, 5.41) is 97.3. The van der Waals surface area contributed by atoms with Crippen LogP contribution >= 0.6 is 0 Å². The highest BCUT2D eigenvalue weighted by atomic mass is 16.7. The van der Waals surface area contributed by atoms with Gasteiger partial charge in [-0.25, -0.2) is 0 Å². The zero-order valence-corrected chi connectivity index (χ0v) is 37.8. The number of rotatable bonds is 3. The second kappa shape index (κ2) is 27.3. The summed E-state index contributed by atoms with van der Waals surface area (Å²) in [6.45, 7) is 8.93. The second-order valence-electron chi connectivity index (χ2n) is 17.8. The predicted octanol–water partition coefficient (Wildman–Crippen LogP) is 3.02. The third kappa shape index (κ3) is 18.5. The number of fused-ring (bicyclic) bond motifs is 2. The third-order valence-electron chi connectivity index (χ3n) is 12.4. The molecule has 3 rings (SSSR count). The van der Waals surface area contributed by atoms with E-state index in [9.17, 15) is 55.5 Å². The van der Waals surface area contributed by atoms with E-state index in [4.69, 9.17) is 24.7 Å². The monoisotopic (exact) mass is 906 g/mol. The first kappa shape index (κ1) is 55.0. The molecular weight excluding hydrogens is 831 g/mol. The average Bonchev–Trinajstić information content (AvgIpc) is 3.21. The van der Waals surface area contributed by atoms with Crippen LogP contribution in [0.5, 0.6) is 0 Å². The minimum Gasteiger partial charge on any atom is -0.481 e. The minimum absolute atomic E-state index is 0.0204. The van der Waals surface area contributed by atoms with Gasteiger partial charge in [0, 0.05) is 37.1 Å². The number of carboxylic acid groups (broad SMARTS) is 1. The quantitative estimate of drug-likeness (QED) is 0.182. The van der Waals surface area contributed by atoms with Gasteiger partial charge in [-0.3, -0.25) is 9.59 Å². The third-order valence-corrected chi connectivity index (χ3v) is 12.4. The molecule has 0 radical (unpaired) electrons. The number of aliphatic hydroxyl groups is 8. The number of carbonyl (C=O) groups excluding carboxylic acids is 1. The van der Waals surface area contributed by atoms with Crippen molar-refractivity contribution in [2.75, 3.05) is 0 Å². The first-order valence-corrected chi connectivity index (χ1v) is 22.5. The predicted molar refractivity (Wildman–Crippen MR) is 239 cm³/mol. The Morgan fingerprint density at radius 2 is 1.20 bits per heavy atom. The van der Waals surface area contributed by atoms with Crippen molar-refractivity contribution in [1.82, 2.24) is 0 Å². The summed E-state index contributed by atoms with van der Waals surface area (Å²) in [5.41, 5.74) is 6.27. The fraction of sp³-hybridized carbons (Fsp3) is 0.667. The van der Waals surface area contributed by atoms with Crippen molar-refractivity contribution >= 4 is 11.9 Å². The molecule has 3 aliphatic rings. The summed E-state index contributed by atoms with van der Waals surface area (Å²) in [4.78, 5) is 25.1. The van der Waals surface area contributed by atoms with Crippen LogP contribution < -0.4 is 5.73 Å². The maximum Gasteiger partial charge on any atom is 0.311 e. The van der Waals surface area contributed by atoms with E-state index in [1.54, 1.807) is 57.2 Å². The maximum absolute atomic E-state index is 12.6. The van der Waals surface area contributed by atoms with Gasteiger partial charge in [0.1, 0.15) is 18.1 Å². The van der Waals surface area contributed by atoms with E-state index in [1.807, 2.05) is 62.5 Å². The van der Waals surface area contributed by atoms with E-state index in [2.05, 4.69) is 0 Å². The topological polar surface area (TPSA) is 279 Å².